The molecule has 0 radical (unpaired) electrons. The number of pyridine rings is 1. The van der Waals surface area contributed by atoms with Crippen LogP contribution in [-0.2, 0) is 4.79 Å². The normalized spacial score (nSPS) is 24.2. The van der Waals surface area contributed by atoms with Crippen molar-refractivity contribution < 1.29 is 14.7 Å². The minimum Gasteiger partial charge on any atom is -0.394 e. The molecule has 2 amide bonds. The van der Waals surface area contributed by atoms with Crippen molar-refractivity contribution >= 4 is 17.9 Å². The van der Waals surface area contributed by atoms with Gasteiger partial charge in [0.15, 0.2) is 0 Å². The van der Waals surface area contributed by atoms with E-state index in [1.54, 1.807) is 34.3 Å². The first-order valence-corrected chi connectivity index (χ1v) is 9.48. The minimum atomic E-state index is -0.233. The molecule has 1 aromatic carbocycles. The van der Waals surface area contributed by atoms with Crippen molar-refractivity contribution in [1.29, 1.82) is 0 Å². The van der Waals surface area contributed by atoms with Gasteiger partial charge in [-0.25, -0.2) is 0 Å². The summed E-state index contributed by atoms with van der Waals surface area (Å²) in [6.07, 6.45) is 7.16. The van der Waals surface area contributed by atoms with Gasteiger partial charge in [0.25, 0.3) is 5.91 Å². The lowest BCUT2D eigenvalue weighted by molar-refractivity contribution is -0.159. The first-order valence-electron chi connectivity index (χ1n) is 9.48. The Morgan fingerprint density at radius 1 is 1.21 bits per heavy atom. The van der Waals surface area contributed by atoms with E-state index in [0.717, 1.165) is 11.1 Å². The minimum absolute atomic E-state index is 0.0154. The molecule has 2 aliphatic rings. The Balaban J connectivity index is 1.58. The van der Waals surface area contributed by atoms with E-state index in [9.17, 15) is 14.7 Å². The molecule has 3 atom stereocenters. The highest BCUT2D eigenvalue weighted by molar-refractivity contribution is 5.97. The van der Waals surface area contributed by atoms with Gasteiger partial charge in [-0.2, -0.15) is 0 Å². The molecule has 1 N–H and O–H groups in total. The molecule has 4 rings (SSSR count). The molecule has 2 fully saturated rings. The molecule has 1 aromatic heterocycles. The fourth-order valence-electron chi connectivity index (χ4n) is 4.35. The quantitative estimate of drug-likeness (QED) is 0.884. The number of carbonyl (C=O) groups excluding carboxylic acids is 2. The molecule has 0 saturated carbocycles. The lowest BCUT2D eigenvalue weighted by atomic mass is 9.73. The number of aromatic nitrogens is 1. The topological polar surface area (TPSA) is 73.7 Å². The average Bonchev–Trinajstić information content (AvgIpc) is 2.71. The Kier molecular flexibility index (Phi) is 4.96. The molecule has 0 bridgehead atoms. The third kappa shape index (κ3) is 3.10. The van der Waals surface area contributed by atoms with Gasteiger partial charge in [-0.05, 0) is 30.2 Å². The van der Waals surface area contributed by atoms with E-state index in [4.69, 9.17) is 0 Å². The van der Waals surface area contributed by atoms with Crippen LogP contribution in [0.4, 0.5) is 0 Å². The Labute approximate surface area is 164 Å². The Morgan fingerprint density at radius 2 is 1.93 bits per heavy atom. The monoisotopic (exact) mass is 377 g/mol. The molecule has 6 nitrogen and oxygen atoms in total. The van der Waals surface area contributed by atoms with Gasteiger partial charge in [-0.3, -0.25) is 14.6 Å². The number of aliphatic hydroxyl groups is 1. The molecular weight excluding hydrogens is 354 g/mol. The predicted molar refractivity (Wildman–Crippen MR) is 106 cm³/mol. The summed E-state index contributed by atoms with van der Waals surface area (Å²) in [5, 5.41) is 9.87. The molecule has 2 aliphatic heterocycles. The molecule has 2 aromatic rings. The number of rotatable bonds is 4. The largest absolute Gasteiger partial charge is 0.394 e. The lowest BCUT2D eigenvalue weighted by Crippen LogP contribution is -2.73. The smallest absolute Gasteiger partial charge is 0.254 e. The Bertz CT molecular complexity index is 895. The Morgan fingerprint density at radius 3 is 2.57 bits per heavy atom. The van der Waals surface area contributed by atoms with Gasteiger partial charge < -0.3 is 14.9 Å². The second-order valence-corrected chi connectivity index (χ2v) is 7.23. The summed E-state index contributed by atoms with van der Waals surface area (Å²) >= 11 is 0. The molecule has 2 saturated heterocycles. The van der Waals surface area contributed by atoms with Crippen LogP contribution in [0.2, 0.25) is 0 Å². The summed E-state index contributed by atoms with van der Waals surface area (Å²) < 4.78 is 0. The average molecular weight is 377 g/mol. The van der Waals surface area contributed by atoms with Crippen molar-refractivity contribution in [3.05, 3.63) is 71.6 Å². The summed E-state index contributed by atoms with van der Waals surface area (Å²) in [5.74, 6) is -0.258. The van der Waals surface area contributed by atoms with Crippen LogP contribution < -0.4 is 0 Å². The zero-order valence-electron chi connectivity index (χ0n) is 15.7. The number of amides is 2. The number of benzene rings is 1. The molecule has 0 aliphatic carbocycles. The molecule has 3 heterocycles. The first-order chi connectivity index (χ1) is 13.6. The maximum absolute atomic E-state index is 12.8. The van der Waals surface area contributed by atoms with Crippen LogP contribution in [0.1, 0.15) is 34.3 Å². The van der Waals surface area contributed by atoms with Crippen molar-refractivity contribution in [2.24, 2.45) is 0 Å². The zero-order valence-corrected chi connectivity index (χ0v) is 15.7. The van der Waals surface area contributed by atoms with Crippen molar-refractivity contribution in [3.63, 3.8) is 0 Å². The highest BCUT2D eigenvalue weighted by Gasteiger charge is 2.54. The number of carbonyl (C=O) groups is 2. The number of hydrogen-bond acceptors (Lipinski definition) is 4. The van der Waals surface area contributed by atoms with E-state index in [2.05, 4.69) is 4.98 Å². The number of piperazine rings is 1. The number of hydrogen-bond donors (Lipinski definition) is 1. The highest BCUT2D eigenvalue weighted by atomic mass is 16.3. The van der Waals surface area contributed by atoms with Crippen molar-refractivity contribution in [3.8, 4) is 0 Å². The van der Waals surface area contributed by atoms with Crippen LogP contribution in [0.25, 0.3) is 6.08 Å². The second kappa shape index (κ2) is 7.56. The zero-order chi connectivity index (χ0) is 19.7. The summed E-state index contributed by atoms with van der Waals surface area (Å²) in [6.45, 7) is 2.40. The van der Waals surface area contributed by atoms with Crippen LogP contribution in [0.15, 0.2) is 54.9 Å². The molecular formula is C22H23N3O3. The molecule has 28 heavy (non-hydrogen) atoms. The van der Waals surface area contributed by atoms with Gasteiger partial charge in [-0.1, -0.05) is 36.4 Å². The standard InChI is InChI=1S/C22H23N3O3/c1-2-3-15-4-6-16(7-5-15)21-18-12-24(13-20(27)25(18)19(21)14-26)22(28)17-8-10-23-11-9-17/h2-11,18-19,21,26H,12-14H2,1H3/t18-,19-,21+/m1/s1. The summed E-state index contributed by atoms with van der Waals surface area (Å²) in [6, 6.07) is 11.2. The lowest BCUT2D eigenvalue weighted by Gasteiger charge is -2.58. The SMILES string of the molecule is CC=Cc1ccc([C@@H]2[C@@H](CO)N3C(=O)CN(C(=O)c4ccncc4)C[C@H]23)cc1. The van der Waals surface area contributed by atoms with Gasteiger partial charge in [-0.15, -0.1) is 0 Å². The summed E-state index contributed by atoms with van der Waals surface area (Å²) in [7, 11) is 0. The van der Waals surface area contributed by atoms with E-state index in [-0.39, 0.29) is 43.0 Å². The van der Waals surface area contributed by atoms with Crippen LogP contribution in [0, 0.1) is 0 Å². The molecule has 0 spiro atoms. The third-order valence-corrected chi connectivity index (χ3v) is 5.65. The molecule has 6 heteroatoms. The third-order valence-electron chi connectivity index (χ3n) is 5.65. The van der Waals surface area contributed by atoms with Crippen LogP contribution >= 0.6 is 0 Å². The number of aliphatic hydroxyl groups excluding tert-OH is 1. The molecule has 144 valence electrons. The van der Waals surface area contributed by atoms with E-state index >= 15 is 0 Å². The van der Waals surface area contributed by atoms with Crippen LogP contribution in [0.3, 0.4) is 0 Å². The van der Waals surface area contributed by atoms with Crippen LogP contribution in [0.5, 0.6) is 0 Å². The van der Waals surface area contributed by atoms with Crippen molar-refractivity contribution in [1.82, 2.24) is 14.8 Å². The fourth-order valence-corrected chi connectivity index (χ4v) is 4.35. The van der Waals surface area contributed by atoms with Gasteiger partial charge in [0, 0.05) is 30.4 Å². The van der Waals surface area contributed by atoms with Gasteiger partial charge >= 0.3 is 0 Å². The summed E-state index contributed by atoms with van der Waals surface area (Å²) in [4.78, 5) is 32.8. The van der Waals surface area contributed by atoms with E-state index in [0.29, 0.717) is 12.1 Å². The highest BCUT2D eigenvalue weighted by Crippen LogP contribution is 2.43. The van der Waals surface area contributed by atoms with Crippen molar-refractivity contribution in [2.75, 3.05) is 19.7 Å². The van der Waals surface area contributed by atoms with Gasteiger partial charge in [0.05, 0.1) is 18.7 Å². The second-order valence-electron chi connectivity index (χ2n) is 7.23. The van der Waals surface area contributed by atoms with Gasteiger partial charge in [0.2, 0.25) is 5.91 Å². The van der Waals surface area contributed by atoms with Crippen molar-refractivity contribution in [2.45, 2.75) is 24.9 Å². The fraction of sp³-hybridized carbons (Fsp3) is 0.318. The summed E-state index contributed by atoms with van der Waals surface area (Å²) in [5.41, 5.74) is 2.72. The molecule has 0 unspecified atom stereocenters. The number of nitrogens with zero attached hydrogens (tertiary/aromatic N) is 3. The number of allylic oxidation sites excluding steroid dienone is 1. The maximum Gasteiger partial charge on any atom is 0.254 e. The Hall–Kier alpha value is -2.99. The van der Waals surface area contributed by atoms with E-state index in [1.807, 2.05) is 43.3 Å². The van der Waals surface area contributed by atoms with Gasteiger partial charge in [0.1, 0.15) is 6.54 Å². The first kappa shape index (κ1) is 18.4. The van der Waals surface area contributed by atoms with E-state index in [1.165, 1.54) is 0 Å². The van der Waals surface area contributed by atoms with E-state index < -0.39 is 0 Å². The predicted octanol–water partition coefficient (Wildman–Crippen LogP) is 1.93. The number of fused-ring (bicyclic) bond motifs is 1. The maximum atomic E-state index is 12.8. The van der Waals surface area contributed by atoms with Crippen LogP contribution in [-0.4, -0.2) is 63.5 Å².